The van der Waals surface area contributed by atoms with Crippen LogP contribution >= 0.6 is 0 Å². The first-order valence-electron chi connectivity index (χ1n) is 9.40. The summed E-state index contributed by atoms with van der Waals surface area (Å²) in [5.74, 6) is -1.91. The number of halogens is 3. The number of hydrogen-bond acceptors (Lipinski definition) is 4. The van der Waals surface area contributed by atoms with E-state index < -0.39 is 18.0 Å². The average molecular weight is 632 g/mol. The van der Waals surface area contributed by atoms with Crippen LogP contribution in [0.15, 0.2) is 66.9 Å². The summed E-state index contributed by atoms with van der Waals surface area (Å²) < 4.78 is 41.2. The van der Waals surface area contributed by atoms with Crippen LogP contribution in [-0.4, -0.2) is 30.8 Å². The zero-order valence-corrected chi connectivity index (χ0v) is 19.9. The average Bonchev–Trinajstić information content (AvgIpc) is 3.21. The Labute approximate surface area is 201 Å². The van der Waals surface area contributed by atoms with Crippen molar-refractivity contribution < 1.29 is 43.2 Å². The second-order valence-electron chi connectivity index (χ2n) is 6.72. The van der Waals surface area contributed by atoms with Crippen molar-refractivity contribution in [2.75, 3.05) is 0 Å². The summed E-state index contributed by atoms with van der Waals surface area (Å²) in [6.45, 7) is 3.53. The number of carbonyl (C=O) groups is 1. The van der Waals surface area contributed by atoms with Gasteiger partial charge in [-0.2, -0.15) is 18.3 Å². The van der Waals surface area contributed by atoms with Gasteiger partial charge in [-0.1, -0.05) is 24.3 Å². The Morgan fingerprint density at radius 3 is 2.12 bits per heavy atom. The van der Waals surface area contributed by atoms with Gasteiger partial charge < -0.3 is 9.67 Å². The number of benzene rings is 2. The number of aromatic nitrogens is 4. The van der Waals surface area contributed by atoms with Gasteiger partial charge >= 0.3 is 12.1 Å². The molecule has 0 saturated carbocycles. The topological polar surface area (TPSA) is 80.9 Å². The fraction of sp³-hybridized carbons (Fsp3) is 0.130. The van der Waals surface area contributed by atoms with Crippen LogP contribution in [-0.2, 0) is 26.3 Å². The largest absolute Gasteiger partial charge is 0.477 e. The number of alkyl halides is 3. The molecule has 2 aromatic carbocycles. The molecule has 4 aromatic rings. The molecule has 33 heavy (non-hydrogen) atoms. The Hall–Kier alpha value is -3.36. The van der Waals surface area contributed by atoms with Gasteiger partial charge in [0.25, 0.3) is 0 Å². The third kappa shape index (κ3) is 6.12. The molecule has 0 aliphatic carbocycles. The Bertz CT molecular complexity index is 1190. The zero-order chi connectivity index (χ0) is 23.3. The van der Waals surface area contributed by atoms with Crippen LogP contribution in [0.3, 0.4) is 0 Å². The third-order valence-electron chi connectivity index (χ3n) is 4.41. The van der Waals surface area contributed by atoms with Gasteiger partial charge in [-0.15, -0.1) is 41.0 Å². The van der Waals surface area contributed by atoms with Gasteiger partial charge in [0.2, 0.25) is 5.82 Å². The number of carboxylic acids is 1. The summed E-state index contributed by atoms with van der Waals surface area (Å²) in [6, 6.07) is 19.8. The minimum Gasteiger partial charge on any atom is -0.477 e. The van der Waals surface area contributed by atoms with Crippen LogP contribution in [0.4, 0.5) is 13.2 Å². The van der Waals surface area contributed by atoms with Crippen LogP contribution in [0.25, 0.3) is 17.1 Å². The van der Waals surface area contributed by atoms with Crippen LogP contribution in [0.1, 0.15) is 27.4 Å². The van der Waals surface area contributed by atoms with Crippen molar-refractivity contribution in [2.24, 2.45) is 0 Å². The van der Waals surface area contributed by atoms with E-state index in [0.29, 0.717) is 22.4 Å². The summed E-state index contributed by atoms with van der Waals surface area (Å²) in [5, 5.41) is 15.5. The second kappa shape index (κ2) is 11.0. The van der Waals surface area contributed by atoms with Gasteiger partial charge in [0, 0.05) is 32.0 Å². The van der Waals surface area contributed by atoms with E-state index >= 15 is 0 Å². The normalized spacial score (nSPS) is 10.6. The van der Waals surface area contributed by atoms with Crippen LogP contribution in [0, 0.1) is 19.9 Å². The Morgan fingerprint density at radius 1 is 0.970 bits per heavy atom. The second-order valence-corrected chi connectivity index (χ2v) is 6.72. The van der Waals surface area contributed by atoms with Gasteiger partial charge in [0.15, 0.2) is 0 Å². The number of nitrogens with zero attached hydrogens (tertiary/aromatic N) is 4. The van der Waals surface area contributed by atoms with E-state index in [1.165, 1.54) is 12.3 Å². The van der Waals surface area contributed by atoms with E-state index in [-0.39, 0.29) is 31.6 Å². The summed E-state index contributed by atoms with van der Waals surface area (Å²) in [7, 11) is 0. The van der Waals surface area contributed by atoms with Crippen molar-refractivity contribution >= 4 is 5.97 Å². The van der Waals surface area contributed by atoms with Crippen LogP contribution in [0.5, 0.6) is 0 Å². The molecule has 0 aliphatic heterocycles. The van der Waals surface area contributed by atoms with Crippen molar-refractivity contribution in [1.29, 1.82) is 0 Å². The quantitative estimate of drug-likeness (QED) is 0.317. The maximum absolute atomic E-state index is 13.4. The van der Waals surface area contributed by atoms with E-state index in [4.69, 9.17) is 5.11 Å². The zero-order valence-electron chi connectivity index (χ0n) is 17.5. The summed E-state index contributed by atoms with van der Waals surface area (Å²) in [5.41, 5.74) is 2.41. The third-order valence-corrected chi connectivity index (χ3v) is 4.41. The Kier molecular flexibility index (Phi) is 8.62. The molecule has 0 amide bonds. The fourth-order valence-corrected chi connectivity index (χ4v) is 3.03. The number of aromatic carboxylic acids is 1. The van der Waals surface area contributed by atoms with Gasteiger partial charge in [-0.3, -0.25) is 0 Å². The molecule has 173 valence electrons. The molecule has 10 heteroatoms. The molecule has 0 bridgehead atoms. The van der Waals surface area contributed by atoms with E-state index in [2.05, 4.69) is 21.2 Å². The van der Waals surface area contributed by atoms with Crippen molar-refractivity contribution in [3.63, 3.8) is 0 Å². The number of hydrogen-bond donors (Lipinski definition) is 1. The van der Waals surface area contributed by atoms with E-state index in [1.54, 1.807) is 68.4 Å². The smallest absolute Gasteiger partial charge is 0.451 e. The molecule has 0 aliphatic rings. The molecule has 0 atom stereocenters. The molecule has 1 N–H and O–H groups in total. The molecule has 0 unspecified atom stereocenters. The first-order chi connectivity index (χ1) is 15.2. The predicted octanol–water partition coefficient (Wildman–Crippen LogP) is 5.15. The van der Waals surface area contributed by atoms with E-state index in [1.807, 2.05) is 0 Å². The van der Waals surface area contributed by atoms with Gasteiger partial charge in [-0.25, -0.2) is 9.78 Å². The molecule has 2 aromatic heterocycles. The molecule has 1 radical (unpaired) electrons. The molecule has 0 fully saturated rings. The van der Waals surface area contributed by atoms with Crippen LogP contribution < -0.4 is 0 Å². The van der Waals surface area contributed by atoms with Gasteiger partial charge in [0.05, 0.1) is 5.82 Å². The van der Waals surface area contributed by atoms with Crippen molar-refractivity contribution in [2.45, 2.75) is 20.0 Å². The maximum Gasteiger partial charge on any atom is 0.451 e. The number of para-hydroxylation sites is 1. The Morgan fingerprint density at radius 2 is 1.64 bits per heavy atom. The SMILES string of the molecule is Cc1cccc(C)c1-n1c(-c2[c-]cccc2)nnc1C(F)(F)F.O=C(O)c1ccccn1.[Ir]. The molecular formula is C23H18F3IrN4O2-. The Balaban J connectivity index is 0.000000326. The molecular weight excluding hydrogens is 613 g/mol. The van der Waals surface area contributed by atoms with Crippen molar-refractivity contribution in [3.8, 4) is 17.1 Å². The standard InChI is InChI=1S/C17H13F3N3.C6H5NO2.Ir/c1-11-7-6-8-12(2)14(11)23-15(13-9-4-3-5-10-13)21-22-16(23)17(18,19)20;8-6(9)5-3-1-2-4-7-5;/h3-9H,1-2H3;1-4H,(H,8,9);/q-1;;. The summed E-state index contributed by atoms with van der Waals surface area (Å²) in [4.78, 5) is 13.7. The first-order valence-corrected chi connectivity index (χ1v) is 9.40. The van der Waals surface area contributed by atoms with Gasteiger partial charge in [0.1, 0.15) is 5.69 Å². The number of carboxylic acid groups (broad SMARTS) is 1. The molecule has 0 spiro atoms. The maximum atomic E-state index is 13.4. The summed E-state index contributed by atoms with van der Waals surface area (Å²) >= 11 is 0. The number of aryl methyl sites for hydroxylation is 2. The molecule has 0 saturated heterocycles. The number of pyridine rings is 1. The fourth-order valence-electron chi connectivity index (χ4n) is 3.03. The van der Waals surface area contributed by atoms with Gasteiger partial charge in [-0.05, 0) is 37.1 Å². The van der Waals surface area contributed by atoms with E-state index in [9.17, 15) is 18.0 Å². The van der Waals surface area contributed by atoms with Crippen molar-refractivity contribution in [1.82, 2.24) is 19.7 Å². The minimum absolute atomic E-state index is 0. The van der Waals surface area contributed by atoms with Crippen LogP contribution in [0.2, 0.25) is 0 Å². The van der Waals surface area contributed by atoms with E-state index in [0.717, 1.165) is 4.57 Å². The molecule has 2 heterocycles. The first kappa shape index (κ1) is 25.9. The number of rotatable bonds is 3. The van der Waals surface area contributed by atoms with Crippen molar-refractivity contribution in [3.05, 3.63) is 95.6 Å². The summed E-state index contributed by atoms with van der Waals surface area (Å²) in [6.07, 6.45) is -3.15. The molecule has 6 nitrogen and oxygen atoms in total. The monoisotopic (exact) mass is 632 g/mol. The minimum atomic E-state index is -4.60. The predicted molar refractivity (Wildman–Crippen MR) is 111 cm³/mol. The molecule has 4 rings (SSSR count).